The largest absolute Gasteiger partial charge is 0.317 e. The van der Waals surface area contributed by atoms with E-state index in [0.717, 1.165) is 45.3 Å². The van der Waals surface area contributed by atoms with Crippen LogP contribution in [0.1, 0.15) is 25.7 Å². The van der Waals surface area contributed by atoms with Crippen molar-refractivity contribution in [2.45, 2.75) is 25.7 Å². The van der Waals surface area contributed by atoms with Crippen LogP contribution in [-0.4, -0.2) is 37.2 Å². The van der Waals surface area contributed by atoms with E-state index in [9.17, 15) is 4.79 Å². The zero-order valence-corrected chi connectivity index (χ0v) is 9.00. The SMILES string of the molecule is O=C(C1CC12CCNCC2)N1CCCO1. The lowest BCUT2D eigenvalue weighted by atomic mass is 9.92. The fraction of sp³-hybridized carbons (Fsp3) is 0.909. The summed E-state index contributed by atoms with van der Waals surface area (Å²) >= 11 is 0. The van der Waals surface area contributed by atoms with E-state index in [1.807, 2.05) is 0 Å². The predicted molar refractivity (Wildman–Crippen MR) is 54.9 cm³/mol. The van der Waals surface area contributed by atoms with Crippen molar-refractivity contribution in [1.29, 1.82) is 0 Å². The van der Waals surface area contributed by atoms with E-state index in [4.69, 9.17) is 4.84 Å². The third-order valence-corrected chi connectivity index (χ3v) is 4.09. The Morgan fingerprint density at radius 3 is 2.87 bits per heavy atom. The summed E-state index contributed by atoms with van der Waals surface area (Å²) < 4.78 is 0. The Morgan fingerprint density at radius 1 is 1.40 bits per heavy atom. The molecule has 1 N–H and O–H groups in total. The number of piperidine rings is 1. The Hall–Kier alpha value is -0.610. The van der Waals surface area contributed by atoms with E-state index in [2.05, 4.69) is 5.32 Å². The van der Waals surface area contributed by atoms with Gasteiger partial charge in [0.05, 0.1) is 13.2 Å². The predicted octanol–water partition coefficient (Wildman–Crippen LogP) is 0.540. The van der Waals surface area contributed by atoms with Gasteiger partial charge in [0.15, 0.2) is 0 Å². The van der Waals surface area contributed by atoms with Crippen LogP contribution in [0.4, 0.5) is 0 Å². The second-order valence-corrected chi connectivity index (χ2v) is 5.00. The lowest BCUT2D eigenvalue weighted by molar-refractivity contribution is -0.171. The third kappa shape index (κ3) is 1.56. The number of hydrogen-bond acceptors (Lipinski definition) is 3. The zero-order chi connectivity index (χ0) is 10.3. The third-order valence-electron chi connectivity index (χ3n) is 4.09. The highest BCUT2D eigenvalue weighted by molar-refractivity contribution is 5.82. The summed E-state index contributed by atoms with van der Waals surface area (Å²) in [6.07, 6.45) is 4.41. The maximum atomic E-state index is 12.1. The van der Waals surface area contributed by atoms with E-state index in [1.54, 1.807) is 5.06 Å². The number of carbonyl (C=O) groups excluding carboxylic acids is 1. The van der Waals surface area contributed by atoms with Crippen LogP contribution >= 0.6 is 0 Å². The van der Waals surface area contributed by atoms with Crippen LogP contribution in [-0.2, 0) is 9.63 Å². The van der Waals surface area contributed by atoms with E-state index in [-0.39, 0.29) is 11.8 Å². The van der Waals surface area contributed by atoms with Gasteiger partial charge in [-0.05, 0) is 44.2 Å². The van der Waals surface area contributed by atoms with Gasteiger partial charge in [0.25, 0.3) is 0 Å². The molecule has 1 saturated carbocycles. The smallest absolute Gasteiger partial charge is 0.249 e. The Bertz CT molecular complexity index is 268. The molecule has 2 saturated heterocycles. The summed E-state index contributed by atoms with van der Waals surface area (Å²) in [5, 5.41) is 4.95. The molecule has 15 heavy (non-hydrogen) atoms. The van der Waals surface area contributed by atoms with Crippen LogP contribution in [0.25, 0.3) is 0 Å². The molecule has 3 aliphatic rings. The Labute approximate surface area is 89.9 Å². The number of hydrogen-bond donors (Lipinski definition) is 1. The highest BCUT2D eigenvalue weighted by Crippen LogP contribution is 2.59. The van der Waals surface area contributed by atoms with Gasteiger partial charge < -0.3 is 5.32 Å². The molecule has 4 heteroatoms. The first-order valence-corrected chi connectivity index (χ1v) is 5.97. The van der Waals surface area contributed by atoms with Gasteiger partial charge in [0.2, 0.25) is 5.91 Å². The Morgan fingerprint density at radius 2 is 2.20 bits per heavy atom. The highest BCUT2D eigenvalue weighted by Gasteiger charge is 2.59. The van der Waals surface area contributed by atoms with Gasteiger partial charge in [-0.25, -0.2) is 5.06 Å². The number of hydroxylamine groups is 2. The molecule has 2 aliphatic heterocycles. The van der Waals surface area contributed by atoms with Crippen molar-refractivity contribution in [3.05, 3.63) is 0 Å². The van der Waals surface area contributed by atoms with Crippen molar-refractivity contribution < 1.29 is 9.63 Å². The van der Waals surface area contributed by atoms with E-state index in [1.165, 1.54) is 0 Å². The Balaban J connectivity index is 1.62. The van der Waals surface area contributed by atoms with E-state index < -0.39 is 0 Å². The normalized spacial score (nSPS) is 33.3. The minimum absolute atomic E-state index is 0.245. The van der Waals surface area contributed by atoms with Crippen molar-refractivity contribution >= 4 is 5.91 Å². The molecule has 1 aliphatic carbocycles. The first kappa shape index (κ1) is 9.60. The Kier molecular flexibility index (Phi) is 2.21. The summed E-state index contributed by atoms with van der Waals surface area (Å²) in [6.45, 7) is 3.66. The number of nitrogens with one attached hydrogen (secondary N) is 1. The lowest BCUT2D eigenvalue weighted by Crippen LogP contribution is -2.34. The van der Waals surface area contributed by atoms with Crippen molar-refractivity contribution in [3.63, 3.8) is 0 Å². The molecule has 0 bridgehead atoms. The average molecular weight is 210 g/mol. The molecular weight excluding hydrogens is 192 g/mol. The molecule has 1 amide bonds. The van der Waals surface area contributed by atoms with Crippen molar-refractivity contribution in [2.24, 2.45) is 11.3 Å². The van der Waals surface area contributed by atoms with Gasteiger partial charge in [-0.15, -0.1) is 0 Å². The summed E-state index contributed by atoms with van der Waals surface area (Å²) in [5.41, 5.74) is 0.342. The molecular formula is C11H18N2O2. The van der Waals surface area contributed by atoms with Gasteiger partial charge >= 0.3 is 0 Å². The van der Waals surface area contributed by atoms with Gasteiger partial charge in [-0.2, -0.15) is 0 Å². The standard InChI is InChI=1S/C11H18N2O2/c14-10(13-6-1-7-15-13)9-8-11(9)2-4-12-5-3-11/h9,12H,1-8H2. The van der Waals surface area contributed by atoms with Crippen LogP contribution in [0.5, 0.6) is 0 Å². The fourth-order valence-electron chi connectivity index (χ4n) is 2.97. The van der Waals surface area contributed by atoms with Gasteiger partial charge in [-0.3, -0.25) is 9.63 Å². The molecule has 2 heterocycles. The molecule has 0 aromatic carbocycles. The molecule has 3 rings (SSSR count). The van der Waals surface area contributed by atoms with Crippen LogP contribution in [0, 0.1) is 11.3 Å². The summed E-state index contributed by atoms with van der Waals surface area (Å²) in [5.74, 6) is 0.507. The summed E-state index contributed by atoms with van der Waals surface area (Å²) in [6, 6.07) is 0. The minimum Gasteiger partial charge on any atom is -0.317 e. The molecule has 4 nitrogen and oxygen atoms in total. The van der Waals surface area contributed by atoms with Crippen molar-refractivity contribution in [2.75, 3.05) is 26.2 Å². The van der Waals surface area contributed by atoms with Crippen LogP contribution in [0.3, 0.4) is 0 Å². The molecule has 0 radical (unpaired) electrons. The van der Waals surface area contributed by atoms with E-state index >= 15 is 0 Å². The van der Waals surface area contributed by atoms with Gasteiger partial charge in [-0.1, -0.05) is 0 Å². The molecule has 1 spiro atoms. The van der Waals surface area contributed by atoms with Gasteiger partial charge in [0.1, 0.15) is 0 Å². The van der Waals surface area contributed by atoms with Crippen molar-refractivity contribution in [3.8, 4) is 0 Å². The number of nitrogens with zero attached hydrogens (tertiary/aromatic N) is 1. The number of carbonyl (C=O) groups is 1. The first-order chi connectivity index (χ1) is 7.32. The first-order valence-electron chi connectivity index (χ1n) is 5.97. The fourth-order valence-corrected chi connectivity index (χ4v) is 2.97. The summed E-state index contributed by atoms with van der Waals surface area (Å²) in [7, 11) is 0. The maximum Gasteiger partial charge on any atom is 0.249 e. The van der Waals surface area contributed by atoms with Crippen LogP contribution < -0.4 is 5.32 Å². The maximum absolute atomic E-state index is 12.1. The van der Waals surface area contributed by atoms with E-state index in [0.29, 0.717) is 12.0 Å². The molecule has 84 valence electrons. The topological polar surface area (TPSA) is 41.6 Å². The quantitative estimate of drug-likeness (QED) is 0.687. The lowest BCUT2D eigenvalue weighted by Gasteiger charge is -2.24. The number of amides is 1. The number of rotatable bonds is 1. The van der Waals surface area contributed by atoms with Gasteiger partial charge in [0, 0.05) is 5.92 Å². The molecule has 0 aromatic heterocycles. The van der Waals surface area contributed by atoms with Crippen molar-refractivity contribution in [1.82, 2.24) is 10.4 Å². The second kappa shape index (κ2) is 3.46. The monoisotopic (exact) mass is 210 g/mol. The summed E-state index contributed by atoms with van der Waals surface area (Å²) in [4.78, 5) is 17.4. The average Bonchev–Trinajstić information content (AvgIpc) is 2.76. The van der Waals surface area contributed by atoms with Crippen LogP contribution in [0.2, 0.25) is 0 Å². The zero-order valence-electron chi connectivity index (χ0n) is 9.00. The molecule has 0 aromatic rings. The molecule has 1 unspecified atom stereocenters. The molecule has 1 atom stereocenters. The highest BCUT2D eigenvalue weighted by atomic mass is 16.7. The van der Waals surface area contributed by atoms with Crippen LogP contribution in [0.15, 0.2) is 0 Å². The second-order valence-electron chi connectivity index (χ2n) is 5.00. The molecule has 3 fully saturated rings. The minimum atomic E-state index is 0.245.